The molecule has 0 fully saturated rings. The molecule has 0 spiro atoms. The summed E-state index contributed by atoms with van der Waals surface area (Å²) in [6.07, 6.45) is 6.85. The van der Waals surface area contributed by atoms with Crippen molar-refractivity contribution in [2.75, 3.05) is 7.05 Å². The Kier molecular flexibility index (Phi) is 3.81. The standard InChI is InChI=1S/C13H21N5/c1-5-18-7-6-15-13(18)8-12(14-3)11-9-17(4)16-10(11)2/h6-7,9,12,14H,5,8H2,1-4H3. The van der Waals surface area contributed by atoms with Gasteiger partial charge < -0.3 is 9.88 Å². The molecule has 0 bridgehead atoms. The van der Waals surface area contributed by atoms with Gasteiger partial charge in [-0.05, 0) is 20.9 Å². The molecule has 1 unspecified atom stereocenters. The Bertz CT molecular complexity index is 511. The first-order valence-corrected chi connectivity index (χ1v) is 6.33. The first-order chi connectivity index (χ1) is 8.65. The fourth-order valence-electron chi connectivity index (χ4n) is 2.33. The molecule has 5 nitrogen and oxygen atoms in total. The van der Waals surface area contributed by atoms with Crippen molar-refractivity contribution >= 4 is 0 Å². The highest BCUT2D eigenvalue weighted by atomic mass is 15.3. The Hall–Kier alpha value is -1.62. The maximum atomic E-state index is 4.43. The van der Waals surface area contributed by atoms with Crippen LogP contribution >= 0.6 is 0 Å². The van der Waals surface area contributed by atoms with E-state index in [1.54, 1.807) is 0 Å². The SMILES string of the molecule is CCn1ccnc1CC(NC)c1cn(C)nc1C. The number of rotatable bonds is 5. The second-order valence-electron chi connectivity index (χ2n) is 4.52. The molecule has 5 heteroatoms. The highest BCUT2D eigenvalue weighted by molar-refractivity contribution is 5.21. The van der Waals surface area contributed by atoms with Crippen LogP contribution in [0.1, 0.15) is 30.0 Å². The van der Waals surface area contributed by atoms with Crippen molar-refractivity contribution in [3.8, 4) is 0 Å². The maximum Gasteiger partial charge on any atom is 0.110 e. The molecule has 0 aliphatic rings. The molecule has 0 radical (unpaired) electrons. The Morgan fingerprint density at radius 1 is 1.44 bits per heavy atom. The lowest BCUT2D eigenvalue weighted by atomic mass is 10.0. The zero-order valence-corrected chi connectivity index (χ0v) is 11.5. The van der Waals surface area contributed by atoms with E-state index in [1.807, 2.05) is 38.1 Å². The molecule has 1 atom stereocenters. The summed E-state index contributed by atoms with van der Waals surface area (Å²) in [7, 11) is 3.94. The first-order valence-electron chi connectivity index (χ1n) is 6.33. The predicted molar refractivity (Wildman–Crippen MR) is 71.4 cm³/mol. The molecule has 0 aromatic carbocycles. The topological polar surface area (TPSA) is 47.7 Å². The second kappa shape index (κ2) is 5.35. The number of aryl methyl sites for hydroxylation is 3. The Morgan fingerprint density at radius 2 is 2.22 bits per heavy atom. The van der Waals surface area contributed by atoms with E-state index >= 15 is 0 Å². The van der Waals surface area contributed by atoms with E-state index in [9.17, 15) is 0 Å². The molecule has 2 aromatic heterocycles. The fourth-order valence-corrected chi connectivity index (χ4v) is 2.33. The van der Waals surface area contributed by atoms with Gasteiger partial charge in [0.05, 0.1) is 5.69 Å². The largest absolute Gasteiger partial charge is 0.335 e. The van der Waals surface area contributed by atoms with Crippen molar-refractivity contribution < 1.29 is 0 Å². The summed E-state index contributed by atoms with van der Waals surface area (Å²) in [4.78, 5) is 4.43. The smallest absolute Gasteiger partial charge is 0.110 e. The molecule has 1 N–H and O–H groups in total. The van der Waals surface area contributed by atoms with E-state index in [0.717, 1.165) is 24.5 Å². The highest BCUT2D eigenvalue weighted by Crippen LogP contribution is 2.20. The monoisotopic (exact) mass is 247 g/mol. The van der Waals surface area contributed by atoms with Crippen LogP contribution in [0.15, 0.2) is 18.6 Å². The van der Waals surface area contributed by atoms with Gasteiger partial charge in [-0.15, -0.1) is 0 Å². The fraction of sp³-hybridized carbons (Fsp3) is 0.538. The van der Waals surface area contributed by atoms with Gasteiger partial charge in [-0.3, -0.25) is 4.68 Å². The van der Waals surface area contributed by atoms with Crippen LogP contribution in [0.4, 0.5) is 0 Å². The Balaban J connectivity index is 2.22. The summed E-state index contributed by atoms with van der Waals surface area (Å²) in [6, 6.07) is 0.256. The molecule has 18 heavy (non-hydrogen) atoms. The van der Waals surface area contributed by atoms with E-state index in [0.29, 0.717) is 0 Å². The van der Waals surface area contributed by atoms with Gasteiger partial charge in [0, 0.05) is 50.2 Å². The van der Waals surface area contributed by atoms with Gasteiger partial charge in [0.2, 0.25) is 0 Å². The van der Waals surface area contributed by atoms with Crippen LogP contribution < -0.4 is 5.32 Å². The third-order valence-electron chi connectivity index (χ3n) is 3.30. The van der Waals surface area contributed by atoms with Gasteiger partial charge in [0.25, 0.3) is 0 Å². The number of hydrogen-bond donors (Lipinski definition) is 1. The van der Waals surface area contributed by atoms with E-state index in [-0.39, 0.29) is 6.04 Å². The van der Waals surface area contributed by atoms with Crippen LogP contribution in [0, 0.1) is 6.92 Å². The lowest BCUT2D eigenvalue weighted by Gasteiger charge is -2.15. The number of hydrogen-bond acceptors (Lipinski definition) is 3. The lowest BCUT2D eigenvalue weighted by Crippen LogP contribution is -2.21. The van der Waals surface area contributed by atoms with Crippen LogP contribution in [0.3, 0.4) is 0 Å². The van der Waals surface area contributed by atoms with Gasteiger partial charge in [-0.25, -0.2) is 4.98 Å². The minimum absolute atomic E-state index is 0.256. The molecule has 2 aromatic rings. The minimum atomic E-state index is 0.256. The van der Waals surface area contributed by atoms with E-state index in [1.165, 1.54) is 5.56 Å². The summed E-state index contributed by atoms with van der Waals surface area (Å²) in [5, 5.41) is 7.76. The molecule has 2 heterocycles. The quantitative estimate of drug-likeness (QED) is 0.870. The number of nitrogens with one attached hydrogen (secondary N) is 1. The normalized spacial score (nSPS) is 12.9. The highest BCUT2D eigenvalue weighted by Gasteiger charge is 2.17. The van der Waals surface area contributed by atoms with Gasteiger partial charge in [-0.1, -0.05) is 0 Å². The average Bonchev–Trinajstić information content (AvgIpc) is 2.92. The Labute approximate surface area is 108 Å². The van der Waals surface area contributed by atoms with Crippen molar-refractivity contribution in [2.45, 2.75) is 32.9 Å². The molecule has 0 amide bonds. The van der Waals surface area contributed by atoms with Crippen molar-refractivity contribution in [2.24, 2.45) is 7.05 Å². The predicted octanol–water partition coefficient (Wildman–Crippen LogP) is 1.45. The minimum Gasteiger partial charge on any atom is -0.335 e. The molecule has 0 saturated carbocycles. The summed E-state index contributed by atoms with van der Waals surface area (Å²) in [6.45, 7) is 5.14. The van der Waals surface area contributed by atoms with Crippen LogP contribution in [0.25, 0.3) is 0 Å². The number of aromatic nitrogens is 4. The Morgan fingerprint density at radius 3 is 2.78 bits per heavy atom. The summed E-state index contributed by atoms with van der Waals surface area (Å²) in [5.41, 5.74) is 2.32. The van der Waals surface area contributed by atoms with Gasteiger partial charge in [0.1, 0.15) is 5.82 Å². The molecule has 0 aliphatic carbocycles. The van der Waals surface area contributed by atoms with Crippen LogP contribution in [0.5, 0.6) is 0 Å². The van der Waals surface area contributed by atoms with E-state index < -0.39 is 0 Å². The van der Waals surface area contributed by atoms with Crippen molar-refractivity contribution in [1.82, 2.24) is 24.6 Å². The van der Waals surface area contributed by atoms with Gasteiger partial charge >= 0.3 is 0 Å². The van der Waals surface area contributed by atoms with Crippen LogP contribution in [-0.4, -0.2) is 26.4 Å². The van der Waals surface area contributed by atoms with Crippen molar-refractivity contribution in [3.05, 3.63) is 35.7 Å². The van der Waals surface area contributed by atoms with Crippen LogP contribution in [0.2, 0.25) is 0 Å². The van der Waals surface area contributed by atoms with E-state index in [2.05, 4.69) is 33.1 Å². The third-order valence-corrected chi connectivity index (χ3v) is 3.30. The van der Waals surface area contributed by atoms with Gasteiger partial charge in [-0.2, -0.15) is 5.10 Å². The molecule has 98 valence electrons. The molecule has 0 saturated heterocycles. The first kappa shape index (κ1) is 12.8. The zero-order valence-electron chi connectivity index (χ0n) is 11.5. The summed E-state index contributed by atoms with van der Waals surface area (Å²) in [5.74, 6) is 1.11. The number of likely N-dealkylation sites (N-methyl/N-ethyl adjacent to an activating group) is 1. The van der Waals surface area contributed by atoms with Gasteiger partial charge in [0.15, 0.2) is 0 Å². The van der Waals surface area contributed by atoms with Crippen molar-refractivity contribution in [3.63, 3.8) is 0 Å². The second-order valence-corrected chi connectivity index (χ2v) is 4.52. The molecular formula is C13H21N5. The number of nitrogens with zero attached hydrogens (tertiary/aromatic N) is 4. The summed E-state index contributed by atoms with van der Waals surface area (Å²) >= 11 is 0. The zero-order chi connectivity index (χ0) is 13.1. The lowest BCUT2D eigenvalue weighted by molar-refractivity contribution is 0.550. The molecule has 0 aliphatic heterocycles. The molecule has 2 rings (SSSR count). The van der Waals surface area contributed by atoms with Crippen LogP contribution in [-0.2, 0) is 20.0 Å². The average molecular weight is 247 g/mol. The summed E-state index contributed by atoms with van der Waals surface area (Å²) < 4.78 is 4.04. The van der Waals surface area contributed by atoms with Crippen molar-refractivity contribution in [1.29, 1.82) is 0 Å². The molecular weight excluding hydrogens is 226 g/mol. The third kappa shape index (κ3) is 2.46. The van der Waals surface area contributed by atoms with E-state index in [4.69, 9.17) is 0 Å². The number of imidazole rings is 1. The maximum absolute atomic E-state index is 4.43.